The Labute approximate surface area is 106 Å². The molecule has 0 aliphatic carbocycles. The number of rotatable bonds is 4. The van der Waals surface area contributed by atoms with Crippen molar-refractivity contribution in [3.05, 3.63) is 41.2 Å². The largest absolute Gasteiger partial charge is 0.338 e. The number of hydrazine groups is 1. The van der Waals surface area contributed by atoms with Crippen molar-refractivity contribution < 1.29 is 0 Å². The molecular weight excluding hydrogens is 228 g/mol. The maximum Gasteiger partial charge on any atom is 0.110 e. The first kappa shape index (κ1) is 12.7. The summed E-state index contributed by atoms with van der Waals surface area (Å²) in [6.45, 7) is 3.86. The number of nitrogens with two attached hydrogens (primary N) is 1. The molecule has 2 heterocycles. The quantitative estimate of drug-likeness (QED) is 0.609. The van der Waals surface area contributed by atoms with E-state index in [-0.39, 0.29) is 6.04 Å². The third kappa shape index (κ3) is 2.55. The van der Waals surface area contributed by atoms with Gasteiger partial charge in [-0.1, -0.05) is 0 Å². The monoisotopic (exact) mass is 246 g/mol. The van der Waals surface area contributed by atoms with Crippen LogP contribution >= 0.6 is 0 Å². The van der Waals surface area contributed by atoms with E-state index in [1.165, 1.54) is 0 Å². The molecule has 0 spiro atoms. The van der Waals surface area contributed by atoms with Crippen LogP contribution < -0.4 is 11.3 Å². The van der Waals surface area contributed by atoms with Gasteiger partial charge in [0, 0.05) is 25.9 Å². The summed E-state index contributed by atoms with van der Waals surface area (Å²) < 4.78 is 1.99. The second-order valence-corrected chi connectivity index (χ2v) is 4.40. The number of aromatic nitrogens is 4. The molecule has 0 fully saturated rings. The summed E-state index contributed by atoms with van der Waals surface area (Å²) in [4.78, 5) is 4.31. The van der Waals surface area contributed by atoms with Crippen LogP contribution in [-0.4, -0.2) is 19.7 Å². The SMILES string of the molecule is Cc1cc(C(Cc2nccn2C)NN)c(C)nn1. The molecule has 0 amide bonds. The Hall–Kier alpha value is -1.79. The molecule has 18 heavy (non-hydrogen) atoms. The average Bonchev–Trinajstić information content (AvgIpc) is 2.75. The lowest BCUT2D eigenvalue weighted by atomic mass is 10.0. The fraction of sp³-hybridized carbons (Fsp3) is 0.417. The van der Waals surface area contributed by atoms with Gasteiger partial charge in [-0.25, -0.2) is 4.98 Å². The van der Waals surface area contributed by atoms with Crippen LogP contribution in [0, 0.1) is 13.8 Å². The Morgan fingerprint density at radius 2 is 2.17 bits per heavy atom. The first-order valence-corrected chi connectivity index (χ1v) is 5.85. The zero-order valence-electron chi connectivity index (χ0n) is 10.9. The van der Waals surface area contributed by atoms with E-state index in [4.69, 9.17) is 5.84 Å². The maximum absolute atomic E-state index is 5.66. The minimum absolute atomic E-state index is 0.0136. The van der Waals surface area contributed by atoms with Crippen LogP contribution in [0.3, 0.4) is 0 Å². The molecule has 6 heteroatoms. The highest BCUT2D eigenvalue weighted by molar-refractivity contribution is 5.24. The summed E-state index contributed by atoms with van der Waals surface area (Å²) in [7, 11) is 1.97. The second kappa shape index (κ2) is 5.24. The van der Waals surface area contributed by atoms with Gasteiger partial charge in [-0.15, -0.1) is 0 Å². The van der Waals surface area contributed by atoms with Gasteiger partial charge in [0.15, 0.2) is 0 Å². The lowest BCUT2D eigenvalue weighted by molar-refractivity contribution is 0.524. The van der Waals surface area contributed by atoms with E-state index in [2.05, 4.69) is 20.6 Å². The molecule has 0 saturated carbocycles. The number of nitrogens with one attached hydrogen (secondary N) is 1. The lowest BCUT2D eigenvalue weighted by Gasteiger charge is -2.17. The summed E-state index contributed by atoms with van der Waals surface area (Å²) >= 11 is 0. The summed E-state index contributed by atoms with van der Waals surface area (Å²) in [5, 5.41) is 8.16. The van der Waals surface area contributed by atoms with Gasteiger partial charge < -0.3 is 4.57 Å². The molecule has 1 atom stereocenters. The number of hydrogen-bond acceptors (Lipinski definition) is 5. The maximum atomic E-state index is 5.66. The third-order valence-electron chi connectivity index (χ3n) is 3.02. The van der Waals surface area contributed by atoms with Gasteiger partial charge in [-0.2, -0.15) is 10.2 Å². The van der Waals surface area contributed by atoms with Gasteiger partial charge >= 0.3 is 0 Å². The van der Waals surface area contributed by atoms with Gasteiger partial charge in [-0.05, 0) is 25.5 Å². The molecular formula is C12H18N6. The average molecular weight is 246 g/mol. The predicted octanol–water partition coefficient (Wildman–Crippen LogP) is 0.574. The summed E-state index contributed by atoms with van der Waals surface area (Å²) in [6.07, 6.45) is 4.42. The number of imidazole rings is 1. The fourth-order valence-corrected chi connectivity index (χ4v) is 1.96. The van der Waals surface area contributed by atoms with Gasteiger partial charge in [-0.3, -0.25) is 11.3 Å². The molecule has 0 aliphatic rings. The number of nitrogens with zero attached hydrogens (tertiary/aromatic N) is 4. The first-order valence-electron chi connectivity index (χ1n) is 5.85. The normalized spacial score (nSPS) is 12.7. The molecule has 2 aromatic rings. The molecule has 6 nitrogen and oxygen atoms in total. The van der Waals surface area contributed by atoms with E-state index in [1.807, 2.05) is 37.7 Å². The second-order valence-electron chi connectivity index (χ2n) is 4.40. The van der Waals surface area contributed by atoms with Crippen molar-refractivity contribution in [3.63, 3.8) is 0 Å². The number of aryl methyl sites for hydroxylation is 3. The van der Waals surface area contributed by atoms with Crippen LogP contribution in [0.5, 0.6) is 0 Å². The Morgan fingerprint density at radius 3 is 2.78 bits per heavy atom. The van der Waals surface area contributed by atoms with Crippen molar-refractivity contribution in [2.24, 2.45) is 12.9 Å². The number of hydrogen-bond donors (Lipinski definition) is 2. The van der Waals surface area contributed by atoms with E-state index in [0.717, 1.165) is 22.8 Å². The van der Waals surface area contributed by atoms with Crippen molar-refractivity contribution in [1.82, 2.24) is 25.2 Å². The molecule has 0 radical (unpaired) electrons. The minimum atomic E-state index is -0.0136. The molecule has 2 aromatic heterocycles. The fourth-order valence-electron chi connectivity index (χ4n) is 1.96. The summed E-state index contributed by atoms with van der Waals surface area (Å²) in [5.74, 6) is 6.63. The van der Waals surface area contributed by atoms with Crippen molar-refractivity contribution in [1.29, 1.82) is 0 Å². The van der Waals surface area contributed by atoms with Crippen LogP contribution in [0.4, 0.5) is 0 Å². The molecule has 96 valence electrons. The Kier molecular flexibility index (Phi) is 3.69. The molecule has 1 unspecified atom stereocenters. The molecule has 0 saturated heterocycles. The van der Waals surface area contributed by atoms with Gasteiger partial charge in [0.05, 0.1) is 17.4 Å². The molecule has 0 bridgehead atoms. The van der Waals surface area contributed by atoms with Crippen molar-refractivity contribution in [2.75, 3.05) is 0 Å². The van der Waals surface area contributed by atoms with Crippen LogP contribution in [0.25, 0.3) is 0 Å². The highest BCUT2D eigenvalue weighted by Crippen LogP contribution is 2.19. The smallest absolute Gasteiger partial charge is 0.110 e. The van der Waals surface area contributed by atoms with Crippen LogP contribution in [0.1, 0.15) is 28.8 Å². The van der Waals surface area contributed by atoms with E-state index in [0.29, 0.717) is 6.42 Å². The van der Waals surface area contributed by atoms with Crippen molar-refractivity contribution in [2.45, 2.75) is 26.3 Å². The third-order valence-corrected chi connectivity index (χ3v) is 3.02. The van der Waals surface area contributed by atoms with E-state index >= 15 is 0 Å². The minimum Gasteiger partial charge on any atom is -0.338 e. The Bertz CT molecular complexity index is 533. The zero-order valence-corrected chi connectivity index (χ0v) is 10.9. The van der Waals surface area contributed by atoms with Crippen LogP contribution in [0.15, 0.2) is 18.5 Å². The van der Waals surface area contributed by atoms with E-state index in [9.17, 15) is 0 Å². The van der Waals surface area contributed by atoms with E-state index < -0.39 is 0 Å². The van der Waals surface area contributed by atoms with Crippen molar-refractivity contribution >= 4 is 0 Å². The van der Waals surface area contributed by atoms with Gasteiger partial charge in [0.25, 0.3) is 0 Å². The van der Waals surface area contributed by atoms with Crippen molar-refractivity contribution in [3.8, 4) is 0 Å². The van der Waals surface area contributed by atoms with Crippen LogP contribution in [0.2, 0.25) is 0 Å². The predicted molar refractivity (Wildman–Crippen MR) is 68.5 cm³/mol. The lowest BCUT2D eigenvalue weighted by Crippen LogP contribution is -2.31. The molecule has 3 N–H and O–H groups in total. The Balaban J connectivity index is 2.28. The molecule has 0 aliphatic heterocycles. The highest BCUT2D eigenvalue weighted by Gasteiger charge is 2.16. The zero-order chi connectivity index (χ0) is 13.1. The molecule has 2 rings (SSSR count). The highest BCUT2D eigenvalue weighted by atomic mass is 15.2. The summed E-state index contributed by atoms with van der Waals surface area (Å²) in [5.41, 5.74) is 5.67. The molecule has 0 aromatic carbocycles. The topological polar surface area (TPSA) is 81.7 Å². The van der Waals surface area contributed by atoms with Crippen LogP contribution in [-0.2, 0) is 13.5 Å². The van der Waals surface area contributed by atoms with Gasteiger partial charge in [0.1, 0.15) is 5.82 Å². The Morgan fingerprint density at radius 1 is 1.39 bits per heavy atom. The standard InChI is InChI=1S/C12H18N6/c1-8-6-10(9(2)17-16-8)11(15-13)7-12-14-4-5-18(12)3/h4-6,11,15H,7,13H2,1-3H3. The first-order chi connectivity index (χ1) is 8.61. The van der Waals surface area contributed by atoms with Gasteiger partial charge in [0.2, 0.25) is 0 Å². The van der Waals surface area contributed by atoms with E-state index in [1.54, 1.807) is 6.20 Å². The summed E-state index contributed by atoms with van der Waals surface area (Å²) in [6, 6.07) is 2.00.